The number of halogens is 4. The minimum Gasteiger partial charge on any atom is -0.326 e. The number of nitrogens with two attached hydrogens (primary N) is 1. The predicted molar refractivity (Wildman–Crippen MR) is 53.7 cm³/mol. The van der Waals surface area contributed by atoms with E-state index in [2.05, 4.69) is 15.9 Å². The summed E-state index contributed by atoms with van der Waals surface area (Å²) < 4.78 is 37.7. The highest BCUT2D eigenvalue weighted by Gasteiger charge is 2.41. The molecule has 0 bridgehead atoms. The first-order valence-corrected chi connectivity index (χ1v) is 4.81. The molecule has 1 rings (SSSR count). The highest BCUT2D eigenvalue weighted by atomic mass is 79.9. The van der Waals surface area contributed by atoms with Gasteiger partial charge in [-0.05, 0) is 27.6 Å². The van der Waals surface area contributed by atoms with Crippen molar-refractivity contribution in [1.29, 1.82) is 0 Å². The van der Waals surface area contributed by atoms with Crippen LogP contribution in [0.15, 0.2) is 16.6 Å². The molecule has 0 aliphatic heterocycles. The first-order chi connectivity index (χ1) is 7.29. The van der Waals surface area contributed by atoms with E-state index in [0.717, 1.165) is 6.07 Å². The molecule has 88 valence electrons. The minimum atomic E-state index is -4.80. The largest absolute Gasteiger partial charge is 0.423 e. The summed E-state index contributed by atoms with van der Waals surface area (Å²) in [6, 6.07) is 2.29. The molecule has 0 heterocycles. The van der Waals surface area contributed by atoms with Crippen LogP contribution in [0.2, 0.25) is 0 Å². The normalized spacial score (nSPS) is 11.6. The molecule has 0 saturated carbocycles. The molecule has 2 N–H and O–H groups in total. The van der Waals surface area contributed by atoms with E-state index in [1.807, 2.05) is 0 Å². The van der Waals surface area contributed by atoms with Gasteiger partial charge in [0.15, 0.2) is 0 Å². The molecular weight excluding hydrogens is 293 g/mol. The first-order valence-electron chi connectivity index (χ1n) is 4.02. The maximum Gasteiger partial charge on any atom is 0.423 e. The molecule has 1 aromatic rings. The van der Waals surface area contributed by atoms with Crippen LogP contribution in [0.5, 0.6) is 0 Å². The molecule has 0 fully saturated rings. The summed E-state index contributed by atoms with van der Waals surface area (Å²) in [6.45, 7) is -0.414. The molecule has 0 saturated heterocycles. The number of nitro groups is 1. The summed E-state index contributed by atoms with van der Waals surface area (Å²) >= 11 is 2.72. The van der Waals surface area contributed by atoms with E-state index in [9.17, 15) is 23.3 Å². The van der Waals surface area contributed by atoms with Gasteiger partial charge in [-0.25, -0.2) is 0 Å². The van der Waals surface area contributed by atoms with Gasteiger partial charge in [-0.2, -0.15) is 13.2 Å². The molecule has 16 heavy (non-hydrogen) atoms. The first kappa shape index (κ1) is 12.9. The Bertz CT molecular complexity index is 434. The Morgan fingerprint density at radius 3 is 2.38 bits per heavy atom. The molecule has 0 aliphatic rings. The molecule has 0 spiro atoms. The van der Waals surface area contributed by atoms with Crippen molar-refractivity contribution in [2.45, 2.75) is 12.7 Å². The molecule has 0 amide bonds. The summed E-state index contributed by atoms with van der Waals surface area (Å²) in [7, 11) is 0. The van der Waals surface area contributed by atoms with Crippen LogP contribution in [0.1, 0.15) is 11.1 Å². The Balaban J connectivity index is 3.62. The summed E-state index contributed by atoms with van der Waals surface area (Å²) in [5.41, 5.74) is 2.52. The van der Waals surface area contributed by atoms with Gasteiger partial charge in [0.2, 0.25) is 0 Å². The van der Waals surface area contributed by atoms with Crippen molar-refractivity contribution in [3.63, 3.8) is 0 Å². The Labute approximate surface area is 96.5 Å². The number of hydrogen-bond donors (Lipinski definition) is 1. The van der Waals surface area contributed by atoms with Crippen LogP contribution >= 0.6 is 15.9 Å². The van der Waals surface area contributed by atoms with E-state index < -0.39 is 28.9 Å². The predicted octanol–water partition coefficient (Wildman–Crippen LogP) is 2.83. The van der Waals surface area contributed by atoms with Crippen molar-refractivity contribution in [1.82, 2.24) is 0 Å². The second-order valence-electron chi connectivity index (χ2n) is 2.89. The van der Waals surface area contributed by atoms with Crippen molar-refractivity contribution in [2.75, 3.05) is 0 Å². The van der Waals surface area contributed by atoms with Gasteiger partial charge in [0.25, 0.3) is 5.69 Å². The summed E-state index contributed by atoms with van der Waals surface area (Å²) in [5.74, 6) is 0. The minimum absolute atomic E-state index is 0.220. The van der Waals surface area contributed by atoms with Gasteiger partial charge >= 0.3 is 6.18 Å². The fourth-order valence-electron chi connectivity index (χ4n) is 1.27. The van der Waals surface area contributed by atoms with Gasteiger partial charge < -0.3 is 5.73 Å². The number of benzene rings is 1. The number of alkyl halides is 3. The van der Waals surface area contributed by atoms with Crippen molar-refractivity contribution in [3.05, 3.63) is 37.8 Å². The van der Waals surface area contributed by atoms with Crippen LogP contribution in [0.3, 0.4) is 0 Å². The fourth-order valence-corrected chi connectivity index (χ4v) is 1.75. The van der Waals surface area contributed by atoms with Crippen LogP contribution in [-0.4, -0.2) is 4.92 Å². The zero-order valence-electron chi connectivity index (χ0n) is 7.71. The van der Waals surface area contributed by atoms with E-state index in [0.29, 0.717) is 0 Å². The van der Waals surface area contributed by atoms with Crippen molar-refractivity contribution in [2.24, 2.45) is 5.73 Å². The zero-order chi connectivity index (χ0) is 12.5. The summed E-state index contributed by atoms with van der Waals surface area (Å²) in [4.78, 5) is 9.51. The molecule has 1 aromatic carbocycles. The quantitative estimate of drug-likeness (QED) is 0.674. The third-order valence-corrected chi connectivity index (χ3v) is 2.54. The average molecular weight is 299 g/mol. The summed E-state index contributed by atoms with van der Waals surface area (Å²) in [5, 5.41) is 10.6. The Hall–Kier alpha value is -1.15. The number of hydrogen-bond acceptors (Lipinski definition) is 3. The van der Waals surface area contributed by atoms with Gasteiger partial charge in [-0.3, -0.25) is 10.1 Å². The molecular formula is C8H6BrF3N2O2. The number of rotatable bonds is 2. The lowest BCUT2D eigenvalue weighted by molar-refractivity contribution is -0.389. The topological polar surface area (TPSA) is 69.2 Å². The molecule has 4 nitrogen and oxygen atoms in total. The van der Waals surface area contributed by atoms with Gasteiger partial charge in [-0.15, -0.1) is 0 Å². The van der Waals surface area contributed by atoms with Gasteiger partial charge in [0.1, 0.15) is 5.56 Å². The SMILES string of the molecule is NCc1ccc(Br)c([N+](=O)[O-])c1C(F)(F)F. The summed E-state index contributed by atoms with van der Waals surface area (Å²) in [6.07, 6.45) is -4.80. The van der Waals surface area contributed by atoms with Gasteiger partial charge in [0, 0.05) is 6.54 Å². The number of nitrogens with zero attached hydrogens (tertiary/aromatic N) is 1. The standard InChI is InChI=1S/C8H6BrF3N2O2/c9-5-2-1-4(3-13)6(8(10,11)12)7(5)14(15)16/h1-2H,3,13H2. The third-order valence-electron chi connectivity index (χ3n) is 1.90. The monoisotopic (exact) mass is 298 g/mol. The van der Waals surface area contributed by atoms with E-state index >= 15 is 0 Å². The molecule has 0 radical (unpaired) electrons. The van der Waals surface area contributed by atoms with E-state index in [4.69, 9.17) is 5.73 Å². The zero-order valence-corrected chi connectivity index (χ0v) is 9.30. The van der Waals surface area contributed by atoms with Crippen LogP contribution in [0, 0.1) is 10.1 Å². The molecule has 0 aliphatic carbocycles. The molecule has 0 aromatic heterocycles. The molecule has 8 heteroatoms. The number of nitro benzene ring substituents is 1. The maximum absolute atomic E-state index is 12.7. The smallest absolute Gasteiger partial charge is 0.326 e. The fraction of sp³-hybridized carbons (Fsp3) is 0.250. The van der Waals surface area contributed by atoms with Gasteiger partial charge in [-0.1, -0.05) is 6.07 Å². The Morgan fingerprint density at radius 1 is 1.44 bits per heavy atom. The van der Waals surface area contributed by atoms with E-state index in [1.165, 1.54) is 6.07 Å². The van der Waals surface area contributed by atoms with E-state index in [-0.39, 0.29) is 10.0 Å². The lowest BCUT2D eigenvalue weighted by Crippen LogP contribution is -2.15. The Morgan fingerprint density at radius 2 is 2.00 bits per heavy atom. The lowest BCUT2D eigenvalue weighted by atomic mass is 10.1. The molecule has 0 atom stereocenters. The highest BCUT2D eigenvalue weighted by molar-refractivity contribution is 9.10. The second kappa shape index (κ2) is 4.38. The van der Waals surface area contributed by atoms with Crippen molar-refractivity contribution in [3.8, 4) is 0 Å². The second-order valence-corrected chi connectivity index (χ2v) is 3.74. The Kier molecular flexibility index (Phi) is 3.54. The van der Waals surface area contributed by atoms with Crippen LogP contribution in [-0.2, 0) is 12.7 Å². The van der Waals surface area contributed by atoms with Crippen molar-refractivity contribution >= 4 is 21.6 Å². The maximum atomic E-state index is 12.7. The third kappa shape index (κ3) is 2.33. The van der Waals surface area contributed by atoms with Crippen LogP contribution in [0.25, 0.3) is 0 Å². The average Bonchev–Trinajstić information content (AvgIpc) is 2.15. The van der Waals surface area contributed by atoms with Crippen molar-refractivity contribution < 1.29 is 18.1 Å². The van der Waals surface area contributed by atoms with E-state index in [1.54, 1.807) is 0 Å². The van der Waals surface area contributed by atoms with Gasteiger partial charge in [0.05, 0.1) is 9.40 Å². The highest BCUT2D eigenvalue weighted by Crippen LogP contribution is 2.42. The molecule has 0 unspecified atom stereocenters. The van der Waals surface area contributed by atoms with Crippen LogP contribution < -0.4 is 5.73 Å². The van der Waals surface area contributed by atoms with Crippen LogP contribution in [0.4, 0.5) is 18.9 Å². The lowest BCUT2D eigenvalue weighted by Gasteiger charge is -2.12.